The summed E-state index contributed by atoms with van der Waals surface area (Å²) in [6.07, 6.45) is 0.688. The van der Waals surface area contributed by atoms with Gasteiger partial charge in [-0.2, -0.15) is 0 Å². The van der Waals surface area contributed by atoms with Gasteiger partial charge < -0.3 is 9.73 Å². The van der Waals surface area contributed by atoms with Crippen molar-refractivity contribution in [1.82, 2.24) is 0 Å². The minimum Gasteiger partial charge on any atom is -0.456 e. The Labute approximate surface area is 123 Å². The summed E-state index contributed by atoms with van der Waals surface area (Å²) in [5, 5.41) is 7.75. The Balaban J connectivity index is 2.30. The SMILES string of the molecule is CCc1ccc(C(=O)Nc2cccc(S(N)(=O)=O)c2C)o1. The Bertz CT molecular complexity index is 778. The van der Waals surface area contributed by atoms with Gasteiger partial charge in [0.15, 0.2) is 5.76 Å². The minimum atomic E-state index is -3.83. The first-order valence-electron chi connectivity index (χ1n) is 6.35. The molecule has 0 atom stereocenters. The number of carbonyl (C=O) groups is 1. The highest BCUT2D eigenvalue weighted by molar-refractivity contribution is 7.89. The van der Waals surface area contributed by atoms with Gasteiger partial charge in [0.2, 0.25) is 10.0 Å². The number of anilines is 1. The van der Waals surface area contributed by atoms with Crippen molar-refractivity contribution in [3.63, 3.8) is 0 Å². The van der Waals surface area contributed by atoms with Gasteiger partial charge >= 0.3 is 0 Å². The highest BCUT2D eigenvalue weighted by atomic mass is 32.2. The zero-order chi connectivity index (χ0) is 15.6. The van der Waals surface area contributed by atoms with E-state index in [2.05, 4.69) is 5.32 Å². The largest absolute Gasteiger partial charge is 0.456 e. The summed E-state index contributed by atoms with van der Waals surface area (Å²) < 4.78 is 28.3. The number of hydrogen-bond donors (Lipinski definition) is 2. The molecule has 0 bridgehead atoms. The molecule has 0 radical (unpaired) electrons. The summed E-state index contributed by atoms with van der Waals surface area (Å²) in [5.41, 5.74) is 0.761. The fraction of sp³-hybridized carbons (Fsp3) is 0.214. The molecule has 0 saturated carbocycles. The Morgan fingerprint density at radius 1 is 1.29 bits per heavy atom. The number of primary sulfonamides is 1. The van der Waals surface area contributed by atoms with Crippen molar-refractivity contribution in [3.8, 4) is 0 Å². The maximum atomic E-state index is 12.1. The monoisotopic (exact) mass is 308 g/mol. The molecule has 112 valence electrons. The fourth-order valence-electron chi connectivity index (χ4n) is 1.93. The van der Waals surface area contributed by atoms with Gasteiger partial charge in [0.1, 0.15) is 5.76 Å². The van der Waals surface area contributed by atoms with Crippen LogP contribution in [0.3, 0.4) is 0 Å². The van der Waals surface area contributed by atoms with Crippen LogP contribution in [-0.4, -0.2) is 14.3 Å². The quantitative estimate of drug-likeness (QED) is 0.902. The van der Waals surface area contributed by atoms with Gasteiger partial charge in [-0.05, 0) is 36.8 Å². The second kappa shape index (κ2) is 5.71. The number of hydrogen-bond acceptors (Lipinski definition) is 4. The lowest BCUT2D eigenvalue weighted by Crippen LogP contribution is -2.16. The molecule has 0 aliphatic carbocycles. The van der Waals surface area contributed by atoms with Crippen molar-refractivity contribution in [2.75, 3.05) is 5.32 Å². The van der Waals surface area contributed by atoms with Crippen LogP contribution in [0.25, 0.3) is 0 Å². The predicted molar refractivity (Wildman–Crippen MR) is 78.6 cm³/mol. The van der Waals surface area contributed by atoms with Crippen LogP contribution < -0.4 is 10.5 Å². The molecule has 2 aromatic rings. The van der Waals surface area contributed by atoms with Crippen LogP contribution in [-0.2, 0) is 16.4 Å². The molecule has 0 fully saturated rings. The molecule has 1 heterocycles. The van der Waals surface area contributed by atoms with Crippen LogP contribution in [0.1, 0.15) is 28.8 Å². The summed E-state index contributed by atoms with van der Waals surface area (Å²) in [6.45, 7) is 3.50. The van der Waals surface area contributed by atoms with E-state index in [1.54, 1.807) is 25.1 Å². The second-order valence-corrected chi connectivity index (χ2v) is 6.08. The van der Waals surface area contributed by atoms with E-state index in [-0.39, 0.29) is 10.7 Å². The molecule has 3 N–H and O–H groups in total. The third-order valence-corrected chi connectivity index (χ3v) is 4.13. The zero-order valence-electron chi connectivity index (χ0n) is 11.7. The number of nitrogens with two attached hydrogens (primary N) is 1. The molecule has 6 nitrogen and oxygen atoms in total. The lowest BCUT2D eigenvalue weighted by atomic mass is 10.2. The Kier molecular flexibility index (Phi) is 4.15. The van der Waals surface area contributed by atoms with Gasteiger partial charge in [0.25, 0.3) is 5.91 Å². The molecule has 1 amide bonds. The topological polar surface area (TPSA) is 102 Å². The number of carbonyl (C=O) groups excluding carboxylic acids is 1. The van der Waals surface area contributed by atoms with E-state index < -0.39 is 15.9 Å². The molecular formula is C14H16N2O4S. The molecule has 7 heteroatoms. The number of benzene rings is 1. The first-order valence-corrected chi connectivity index (χ1v) is 7.90. The van der Waals surface area contributed by atoms with Gasteiger partial charge in [-0.15, -0.1) is 0 Å². The highest BCUT2D eigenvalue weighted by Crippen LogP contribution is 2.22. The first kappa shape index (κ1) is 15.3. The van der Waals surface area contributed by atoms with Crippen LogP contribution in [0.2, 0.25) is 0 Å². The van der Waals surface area contributed by atoms with E-state index in [0.29, 0.717) is 23.4 Å². The molecular weight excluding hydrogens is 292 g/mol. The Hall–Kier alpha value is -2.12. The van der Waals surface area contributed by atoms with Crippen LogP contribution in [0.5, 0.6) is 0 Å². The van der Waals surface area contributed by atoms with Crippen molar-refractivity contribution in [2.24, 2.45) is 5.14 Å². The Morgan fingerprint density at radius 3 is 2.57 bits per heavy atom. The van der Waals surface area contributed by atoms with E-state index in [9.17, 15) is 13.2 Å². The number of aryl methyl sites for hydroxylation is 1. The molecule has 0 aliphatic rings. The van der Waals surface area contributed by atoms with Gasteiger partial charge in [0.05, 0.1) is 4.90 Å². The maximum absolute atomic E-state index is 12.1. The van der Waals surface area contributed by atoms with Crippen LogP contribution in [0.15, 0.2) is 39.6 Å². The van der Waals surface area contributed by atoms with E-state index >= 15 is 0 Å². The number of sulfonamides is 1. The lowest BCUT2D eigenvalue weighted by Gasteiger charge is -2.10. The predicted octanol–water partition coefficient (Wildman–Crippen LogP) is 2.05. The summed E-state index contributed by atoms with van der Waals surface area (Å²) in [6, 6.07) is 7.81. The van der Waals surface area contributed by atoms with Gasteiger partial charge in [-0.1, -0.05) is 13.0 Å². The number of rotatable bonds is 4. The van der Waals surface area contributed by atoms with Crippen molar-refractivity contribution in [3.05, 3.63) is 47.4 Å². The number of nitrogens with one attached hydrogen (secondary N) is 1. The number of amides is 1. The summed E-state index contributed by atoms with van der Waals surface area (Å²) >= 11 is 0. The Morgan fingerprint density at radius 2 is 2.00 bits per heavy atom. The summed E-state index contributed by atoms with van der Waals surface area (Å²) in [7, 11) is -3.83. The lowest BCUT2D eigenvalue weighted by molar-refractivity contribution is 0.0995. The third-order valence-electron chi connectivity index (χ3n) is 3.07. The standard InChI is InChI=1S/C14H16N2O4S/c1-3-10-7-8-12(20-10)14(17)16-11-5-4-6-13(9(11)2)21(15,18)19/h4-8H,3H2,1-2H3,(H,16,17)(H2,15,18,19). The molecule has 0 unspecified atom stereocenters. The summed E-state index contributed by atoms with van der Waals surface area (Å²) in [4.78, 5) is 12.1. The van der Waals surface area contributed by atoms with Gasteiger partial charge in [-0.25, -0.2) is 13.6 Å². The number of furan rings is 1. The maximum Gasteiger partial charge on any atom is 0.291 e. The van der Waals surface area contributed by atoms with E-state index in [0.717, 1.165) is 0 Å². The molecule has 1 aromatic heterocycles. The minimum absolute atomic E-state index is 0.0195. The fourth-order valence-corrected chi connectivity index (χ4v) is 2.74. The summed E-state index contributed by atoms with van der Waals surface area (Å²) in [5.74, 6) is 0.437. The third kappa shape index (κ3) is 3.32. The smallest absolute Gasteiger partial charge is 0.291 e. The highest BCUT2D eigenvalue weighted by Gasteiger charge is 2.17. The van der Waals surface area contributed by atoms with Crippen LogP contribution in [0.4, 0.5) is 5.69 Å². The normalized spacial score (nSPS) is 11.4. The van der Waals surface area contributed by atoms with E-state index in [1.807, 2.05) is 6.92 Å². The van der Waals surface area contributed by atoms with Crippen molar-refractivity contribution in [2.45, 2.75) is 25.2 Å². The molecule has 0 saturated heterocycles. The average molecular weight is 308 g/mol. The van der Waals surface area contributed by atoms with E-state index in [4.69, 9.17) is 9.56 Å². The molecule has 21 heavy (non-hydrogen) atoms. The van der Waals surface area contributed by atoms with Crippen molar-refractivity contribution < 1.29 is 17.6 Å². The van der Waals surface area contributed by atoms with Gasteiger partial charge in [-0.3, -0.25) is 4.79 Å². The molecule has 0 aliphatic heterocycles. The average Bonchev–Trinajstić information content (AvgIpc) is 2.88. The first-order chi connectivity index (χ1) is 9.82. The molecule has 2 rings (SSSR count). The molecule has 0 spiro atoms. The second-order valence-electron chi connectivity index (χ2n) is 4.55. The van der Waals surface area contributed by atoms with Crippen LogP contribution >= 0.6 is 0 Å². The van der Waals surface area contributed by atoms with Gasteiger partial charge in [0, 0.05) is 12.1 Å². The van der Waals surface area contributed by atoms with Crippen molar-refractivity contribution in [1.29, 1.82) is 0 Å². The van der Waals surface area contributed by atoms with Crippen LogP contribution in [0, 0.1) is 6.92 Å². The van der Waals surface area contributed by atoms with Crippen molar-refractivity contribution >= 4 is 21.6 Å². The zero-order valence-corrected chi connectivity index (χ0v) is 12.5. The molecule has 1 aromatic carbocycles. The van der Waals surface area contributed by atoms with E-state index in [1.165, 1.54) is 12.1 Å².